The number of fused-ring (bicyclic) bond motifs is 1. The van der Waals surface area contributed by atoms with Crippen molar-refractivity contribution < 1.29 is 9.70 Å². The molecule has 9 heteroatoms. The second-order valence-electron chi connectivity index (χ2n) is 5.03. The number of H-pyrrole nitrogens is 1. The van der Waals surface area contributed by atoms with Gasteiger partial charge in [-0.05, 0) is 29.9 Å². The summed E-state index contributed by atoms with van der Waals surface area (Å²) in [5, 5.41) is 21.8. The van der Waals surface area contributed by atoms with E-state index in [2.05, 4.69) is 20.8 Å². The molecule has 0 atom stereocenters. The number of nitrogens with one attached hydrogen (secondary N) is 3. The number of amides is 1. The highest BCUT2D eigenvalue weighted by Gasteiger charge is 2.06. The largest absolute Gasteiger partial charge is 0.612 e. The highest BCUT2D eigenvalue weighted by molar-refractivity contribution is 7.99. The molecule has 0 saturated heterocycles. The average Bonchev–Trinajstić information content (AvgIpc) is 3.03. The highest BCUT2D eigenvalue weighted by atomic mass is 32.2. The molecule has 0 bridgehead atoms. The molecule has 3 rings (SSSR count). The van der Waals surface area contributed by atoms with Gasteiger partial charge in [0.25, 0.3) is 0 Å². The third-order valence-electron chi connectivity index (χ3n) is 3.26. The molecule has 1 amide bonds. The number of hydrogen-bond donors (Lipinski definition) is 3. The van der Waals surface area contributed by atoms with Crippen molar-refractivity contribution in [3.8, 4) is 0 Å². The van der Waals surface area contributed by atoms with Gasteiger partial charge in [-0.2, -0.15) is 4.90 Å². The minimum Gasteiger partial charge on any atom is -0.612 e. The second kappa shape index (κ2) is 7.58. The van der Waals surface area contributed by atoms with Gasteiger partial charge in [0.05, 0.1) is 16.8 Å². The van der Waals surface area contributed by atoms with Gasteiger partial charge >= 0.3 is 0 Å². The second-order valence-corrected chi connectivity index (χ2v) is 6.00. The first kappa shape index (κ1) is 16.7. The van der Waals surface area contributed by atoms with Crippen LogP contribution in [0, 0.1) is 10.4 Å². The predicted molar refractivity (Wildman–Crippen MR) is 96.5 cm³/mol. The van der Waals surface area contributed by atoms with Crippen molar-refractivity contribution in [2.24, 2.45) is 0 Å². The summed E-state index contributed by atoms with van der Waals surface area (Å²) in [7, 11) is 0. The Morgan fingerprint density at radius 2 is 2.00 bits per heavy atom. The van der Waals surface area contributed by atoms with Crippen molar-refractivity contribution in [2.75, 3.05) is 5.75 Å². The van der Waals surface area contributed by atoms with Gasteiger partial charge < -0.3 is 20.8 Å². The zero-order valence-electron chi connectivity index (χ0n) is 12.9. The van der Waals surface area contributed by atoms with Crippen LogP contribution < -0.4 is 10.9 Å². The number of carbonyl (C=O) groups is 1. The Labute approximate surface area is 147 Å². The molecular formula is C16H14N5O3S-. The number of aromatic amines is 1. The lowest BCUT2D eigenvalue weighted by atomic mass is 10.1. The summed E-state index contributed by atoms with van der Waals surface area (Å²) >= 11 is 1.30. The molecule has 0 spiro atoms. The molecule has 0 unspecified atom stereocenters. The van der Waals surface area contributed by atoms with Crippen molar-refractivity contribution in [3.05, 3.63) is 70.8 Å². The van der Waals surface area contributed by atoms with Crippen LogP contribution >= 0.6 is 11.8 Å². The van der Waals surface area contributed by atoms with E-state index in [4.69, 9.17) is 0 Å². The summed E-state index contributed by atoms with van der Waals surface area (Å²) in [6, 6.07) is 7.64. The Balaban J connectivity index is 1.46. The van der Waals surface area contributed by atoms with Gasteiger partial charge in [-0.1, -0.05) is 23.9 Å². The van der Waals surface area contributed by atoms with Crippen LogP contribution in [0.4, 0.5) is 0 Å². The number of para-hydroxylation sites is 2. The van der Waals surface area contributed by atoms with E-state index in [0.29, 0.717) is 10.7 Å². The molecule has 0 aliphatic heterocycles. The fourth-order valence-electron chi connectivity index (χ4n) is 2.06. The third-order valence-corrected chi connectivity index (χ3v) is 4.14. The minimum absolute atomic E-state index is 0.0171. The number of nitrogens with zero attached hydrogens (tertiary/aromatic N) is 2. The molecule has 3 N–H and O–H groups in total. The van der Waals surface area contributed by atoms with Crippen molar-refractivity contribution >= 4 is 34.4 Å². The van der Waals surface area contributed by atoms with E-state index in [1.54, 1.807) is 18.4 Å². The number of hydrazine groups is 1. The lowest BCUT2D eigenvalue weighted by Crippen LogP contribution is -2.35. The lowest BCUT2D eigenvalue weighted by Gasteiger charge is -2.08. The number of allylic oxidation sites excluding steroid dienone is 5. The van der Waals surface area contributed by atoms with E-state index >= 15 is 0 Å². The number of imidazole rings is 1. The summed E-state index contributed by atoms with van der Waals surface area (Å²) in [6.07, 6.45) is 7.51. The molecule has 0 radical (unpaired) electrons. The highest BCUT2D eigenvalue weighted by Crippen LogP contribution is 2.18. The molecule has 1 aliphatic rings. The number of thioether (sulfide) groups is 1. The number of carbonyl (C=O) groups excluding carboxylic acids is 1. The van der Waals surface area contributed by atoms with E-state index in [0.717, 1.165) is 11.0 Å². The van der Waals surface area contributed by atoms with Crippen LogP contribution in [0.25, 0.3) is 11.0 Å². The topological polar surface area (TPSA) is 119 Å². The van der Waals surface area contributed by atoms with Crippen LogP contribution in [0.5, 0.6) is 0 Å². The molecule has 25 heavy (non-hydrogen) atoms. The van der Waals surface area contributed by atoms with Crippen LogP contribution in [0.2, 0.25) is 0 Å². The monoisotopic (exact) mass is 356 g/mol. The standard InChI is InChI=1S/C16H14N5O3S/c22-15(10-25-16-18-13-3-1-2-4-14(13)19-16)20-17-9-11-5-7-12(8-6-11)21(23)24/h1-9,17H,10H2,(H2-,18,19,20,22,23,24)/q-1. The molecule has 0 fully saturated rings. The van der Waals surface area contributed by atoms with Crippen LogP contribution in [0.3, 0.4) is 0 Å². The van der Waals surface area contributed by atoms with Gasteiger partial charge in [0.1, 0.15) is 0 Å². The van der Waals surface area contributed by atoms with Crippen molar-refractivity contribution in [1.82, 2.24) is 20.8 Å². The molecule has 128 valence electrons. The first-order chi connectivity index (χ1) is 12.1. The summed E-state index contributed by atoms with van der Waals surface area (Å²) in [5.74, 6) is -0.0235. The van der Waals surface area contributed by atoms with Crippen molar-refractivity contribution in [3.63, 3.8) is 0 Å². The van der Waals surface area contributed by atoms with Crippen LogP contribution in [-0.2, 0) is 4.79 Å². The fourth-order valence-corrected chi connectivity index (χ4v) is 2.74. The van der Waals surface area contributed by atoms with Crippen molar-refractivity contribution in [2.45, 2.75) is 5.16 Å². The van der Waals surface area contributed by atoms with Crippen LogP contribution in [0.15, 0.2) is 65.5 Å². The smallest absolute Gasteiger partial charge is 0.248 e. The normalized spacial score (nSPS) is 13.1. The van der Waals surface area contributed by atoms with E-state index in [-0.39, 0.29) is 17.4 Å². The SMILES string of the molecule is O=C(CSc1nc2ccccc2[nH]1)NNC=C1C=CC(=[N+]([O-])[O-])C=C1. The predicted octanol–water partition coefficient (Wildman–Crippen LogP) is 1.73. The summed E-state index contributed by atoms with van der Waals surface area (Å²) < 4.78 is 0. The number of benzene rings is 1. The Hall–Kier alpha value is -3.20. The van der Waals surface area contributed by atoms with E-state index in [9.17, 15) is 15.2 Å². The van der Waals surface area contributed by atoms with E-state index in [1.807, 2.05) is 24.3 Å². The Bertz CT molecular complexity index is 858. The molecule has 1 aromatic heterocycles. The Kier molecular flexibility index (Phi) is 5.05. The third kappa shape index (κ3) is 4.42. The van der Waals surface area contributed by atoms with E-state index in [1.165, 1.54) is 23.9 Å². The van der Waals surface area contributed by atoms with Gasteiger partial charge in [-0.25, -0.2) is 4.98 Å². The van der Waals surface area contributed by atoms with Gasteiger partial charge in [-0.15, -0.1) is 0 Å². The zero-order chi connectivity index (χ0) is 17.6. The maximum atomic E-state index is 11.8. The molecule has 8 nitrogen and oxygen atoms in total. The number of hydrogen-bond acceptors (Lipinski definition) is 6. The minimum atomic E-state index is -0.464. The van der Waals surface area contributed by atoms with E-state index < -0.39 is 4.90 Å². The first-order valence-electron chi connectivity index (χ1n) is 7.31. The van der Waals surface area contributed by atoms with Gasteiger partial charge in [0, 0.05) is 18.4 Å². The Morgan fingerprint density at radius 3 is 2.72 bits per heavy atom. The van der Waals surface area contributed by atoms with Crippen LogP contribution in [-0.4, -0.2) is 32.2 Å². The van der Waals surface area contributed by atoms with Gasteiger partial charge in [-0.3, -0.25) is 10.2 Å². The average molecular weight is 356 g/mol. The zero-order valence-corrected chi connectivity index (χ0v) is 13.7. The number of aromatic nitrogens is 2. The Morgan fingerprint density at radius 1 is 1.24 bits per heavy atom. The molecule has 2 aromatic rings. The summed E-state index contributed by atoms with van der Waals surface area (Å²) in [5.41, 5.74) is 7.71. The molecule has 0 saturated carbocycles. The fraction of sp³-hybridized carbons (Fsp3) is 0.0625. The van der Waals surface area contributed by atoms with Crippen LogP contribution in [0.1, 0.15) is 0 Å². The molecular weight excluding hydrogens is 342 g/mol. The molecule has 1 aromatic carbocycles. The lowest BCUT2D eigenvalue weighted by molar-refractivity contribution is -0.377. The summed E-state index contributed by atoms with van der Waals surface area (Å²) in [4.78, 5) is 18.9. The maximum Gasteiger partial charge on any atom is 0.248 e. The molecule has 1 heterocycles. The quantitative estimate of drug-likeness (QED) is 0.426. The first-order valence-corrected chi connectivity index (χ1v) is 8.30. The maximum absolute atomic E-state index is 11.8. The molecule has 1 aliphatic carbocycles. The van der Waals surface area contributed by atoms with Gasteiger partial charge in [0.15, 0.2) is 5.16 Å². The summed E-state index contributed by atoms with van der Waals surface area (Å²) in [6.45, 7) is 0. The number of rotatable bonds is 5. The van der Waals surface area contributed by atoms with Gasteiger partial charge in [0.2, 0.25) is 11.6 Å². The van der Waals surface area contributed by atoms with Crippen molar-refractivity contribution in [1.29, 1.82) is 0 Å².